The van der Waals surface area contributed by atoms with Gasteiger partial charge < -0.3 is 19.9 Å². The summed E-state index contributed by atoms with van der Waals surface area (Å²) in [6.07, 6.45) is 0.903. The van der Waals surface area contributed by atoms with Crippen LogP contribution in [0.1, 0.15) is 38.3 Å². The molecule has 22 heavy (non-hydrogen) atoms. The summed E-state index contributed by atoms with van der Waals surface area (Å²) in [4.78, 5) is 23.2. The molecule has 1 amide bonds. The fourth-order valence-electron chi connectivity index (χ4n) is 1.87. The van der Waals surface area contributed by atoms with E-state index in [1.807, 2.05) is 13.8 Å². The molecule has 0 aliphatic heterocycles. The second-order valence-electron chi connectivity index (χ2n) is 5.14. The lowest BCUT2D eigenvalue weighted by Gasteiger charge is -2.15. The van der Waals surface area contributed by atoms with E-state index in [9.17, 15) is 14.7 Å². The largest absolute Gasteiger partial charge is 0.497 e. The highest BCUT2D eigenvalue weighted by Gasteiger charge is 2.21. The first-order valence-corrected chi connectivity index (χ1v) is 7.21. The van der Waals surface area contributed by atoms with Gasteiger partial charge in [-0.2, -0.15) is 0 Å². The number of nitrogens with one attached hydrogen (secondary N) is 1. The number of carbonyl (C=O) groups excluding carboxylic acids is 1. The third-order valence-electron chi connectivity index (χ3n) is 3.00. The van der Waals surface area contributed by atoms with Crippen LogP contribution in [0.15, 0.2) is 24.3 Å². The van der Waals surface area contributed by atoms with Crippen molar-refractivity contribution < 1.29 is 24.2 Å². The molecule has 6 nitrogen and oxygen atoms in total. The van der Waals surface area contributed by atoms with Crippen LogP contribution >= 0.6 is 0 Å². The molecular formula is C16H23NO5. The molecular weight excluding hydrogens is 286 g/mol. The summed E-state index contributed by atoms with van der Waals surface area (Å²) >= 11 is 0. The Bertz CT molecular complexity index is 484. The molecule has 0 aliphatic rings. The van der Waals surface area contributed by atoms with Crippen LogP contribution in [-0.4, -0.2) is 36.8 Å². The van der Waals surface area contributed by atoms with Crippen LogP contribution in [0.3, 0.4) is 0 Å². The van der Waals surface area contributed by atoms with Crippen molar-refractivity contribution in [2.45, 2.75) is 38.8 Å². The number of hydrogen-bond acceptors (Lipinski definition) is 4. The number of hydrogen-bond donors (Lipinski definition) is 2. The summed E-state index contributed by atoms with van der Waals surface area (Å²) in [7, 11) is 1.53. The Kier molecular flexibility index (Phi) is 7.39. The maximum Gasteiger partial charge on any atom is 0.330 e. The van der Waals surface area contributed by atoms with Gasteiger partial charge in [-0.25, -0.2) is 4.79 Å². The van der Waals surface area contributed by atoms with E-state index in [2.05, 4.69) is 5.32 Å². The molecule has 0 fully saturated rings. The minimum Gasteiger partial charge on any atom is -0.497 e. The van der Waals surface area contributed by atoms with Crippen LogP contribution in [0.4, 0.5) is 0 Å². The quantitative estimate of drug-likeness (QED) is 0.683. The van der Waals surface area contributed by atoms with E-state index < -0.39 is 12.0 Å². The number of rotatable bonds is 9. The molecule has 2 N–H and O–H groups in total. The normalized spacial score (nSPS) is 12.0. The van der Waals surface area contributed by atoms with Crippen LogP contribution < -0.4 is 10.1 Å². The van der Waals surface area contributed by atoms with E-state index in [0.717, 1.165) is 0 Å². The third-order valence-corrected chi connectivity index (χ3v) is 3.00. The Balaban J connectivity index is 2.56. The molecule has 0 saturated carbocycles. The molecule has 1 unspecified atom stereocenters. The van der Waals surface area contributed by atoms with Crippen molar-refractivity contribution >= 4 is 11.9 Å². The minimum atomic E-state index is -1.10. The number of carboxylic acid groups (broad SMARTS) is 1. The number of benzene rings is 1. The van der Waals surface area contributed by atoms with Crippen LogP contribution in [0, 0.1) is 0 Å². The molecule has 1 rings (SSSR count). The Morgan fingerprint density at radius 2 is 1.86 bits per heavy atom. The lowest BCUT2D eigenvalue weighted by Crippen LogP contribution is -2.33. The lowest BCUT2D eigenvalue weighted by atomic mass is 10.1. The Morgan fingerprint density at radius 1 is 1.23 bits per heavy atom. The van der Waals surface area contributed by atoms with Crippen LogP contribution in [0.2, 0.25) is 0 Å². The highest BCUT2D eigenvalue weighted by molar-refractivity contribution is 5.84. The molecule has 0 aromatic heterocycles. The van der Waals surface area contributed by atoms with Gasteiger partial charge in [0, 0.05) is 13.0 Å². The van der Waals surface area contributed by atoms with Crippen molar-refractivity contribution in [3.8, 4) is 5.75 Å². The first kappa shape index (κ1) is 18.0. The smallest absolute Gasteiger partial charge is 0.330 e. The van der Waals surface area contributed by atoms with E-state index in [-0.39, 0.29) is 18.4 Å². The molecule has 0 bridgehead atoms. The molecule has 122 valence electrons. The summed E-state index contributed by atoms with van der Waals surface area (Å²) in [6, 6.07) is 5.51. The molecule has 6 heteroatoms. The van der Waals surface area contributed by atoms with Gasteiger partial charge in [0.05, 0.1) is 13.2 Å². The molecule has 1 aromatic carbocycles. The Morgan fingerprint density at radius 3 is 2.36 bits per heavy atom. The van der Waals surface area contributed by atoms with Crippen LogP contribution in [-0.2, 0) is 14.3 Å². The van der Waals surface area contributed by atoms with Gasteiger partial charge in [0.15, 0.2) is 6.04 Å². The number of methoxy groups -OCH3 is 1. The first-order chi connectivity index (χ1) is 10.4. The van der Waals surface area contributed by atoms with E-state index in [1.165, 1.54) is 7.11 Å². The zero-order valence-electron chi connectivity index (χ0n) is 13.2. The van der Waals surface area contributed by atoms with Crippen LogP contribution in [0.5, 0.6) is 5.75 Å². The van der Waals surface area contributed by atoms with Gasteiger partial charge in [-0.15, -0.1) is 0 Å². The van der Waals surface area contributed by atoms with Gasteiger partial charge in [0.1, 0.15) is 5.75 Å². The fraction of sp³-hybridized carbons (Fsp3) is 0.500. The summed E-state index contributed by atoms with van der Waals surface area (Å²) in [6.45, 7) is 4.32. The van der Waals surface area contributed by atoms with Gasteiger partial charge in [-0.05, 0) is 38.0 Å². The number of carbonyl (C=O) groups is 2. The standard InChI is InChI=1S/C16H23NO5/c1-11(2)22-10-4-5-14(18)17-15(16(19)20)12-6-8-13(21-3)9-7-12/h6-9,11,15H,4-5,10H2,1-3H3,(H,17,18)(H,19,20). The van der Waals surface area contributed by atoms with Crippen LogP contribution in [0.25, 0.3) is 0 Å². The predicted octanol–water partition coefficient (Wildman–Crippen LogP) is 2.14. The highest BCUT2D eigenvalue weighted by Crippen LogP contribution is 2.18. The Labute approximate surface area is 130 Å². The Hall–Kier alpha value is -2.08. The summed E-state index contributed by atoms with van der Waals surface area (Å²) in [5.74, 6) is -0.780. The maximum absolute atomic E-state index is 11.8. The second kappa shape index (κ2) is 9.04. The first-order valence-electron chi connectivity index (χ1n) is 7.21. The summed E-state index contributed by atoms with van der Waals surface area (Å²) in [5, 5.41) is 11.8. The van der Waals surface area contributed by atoms with Crippen molar-refractivity contribution in [2.24, 2.45) is 0 Å². The number of amides is 1. The lowest BCUT2D eigenvalue weighted by molar-refractivity contribution is -0.142. The van der Waals surface area contributed by atoms with Gasteiger partial charge in [-0.3, -0.25) is 4.79 Å². The average Bonchev–Trinajstić information content (AvgIpc) is 2.49. The van der Waals surface area contributed by atoms with Crippen molar-refractivity contribution in [2.75, 3.05) is 13.7 Å². The van der Waals surface area contributed by atoms with Crippen molar-refractivity contribution in [3.05, 3.63) is 29.8 Å². The van der Waals surface area contributed by atoms with Crippen molar-refractivity contribution in [1.82, 2.24) is 5.32 Å². The van der Waals surface area contributed by atoms with E-state index >= 15 is 0 Å². The summed E-state index contributed by atoms with van der Waals surface area (Å²) in [5.41, 5.74) is 0.500. The zero-order chi connectivity index (χ0) is 16.5. The second-order valence-corrected chi connectivity index (χ2v) is 5.14. The van der Waals surface area contributed by atoms with Crippen molar-refractivity contribution in [1.29, 1.82) is 0 Å². The van der Waals surface area contributed by atoms with Gasteiger partial charge >= 0.3 is 5.97 Å². The minimum absolute atomic E-state index is 0.120. The third kappa shape index (κ3) is 6.13. The average molecular weight is 309 g/mol. The molecule has 0 heterocycles. The van der Waals surface area contributed by atoms with Gasteiger partial charge in [-0.1, -0.05) is 12.1 Å². The molecule has 1 atom stereocenters. The topological polar surface area (TPSA) is 84.9 Å². The van der Waals surface area contributed by atoms with Gasteiger partial charge in [0.25, 0.3) is 0 Å². The SMILES string of the molecule is COc1ccc(C(NC(=O)CCCOC(C)C)C(=O)O)cc1. The monoisotopic (exact) mass is 309 g/mol. The molecule has 1 aromatic rings. The molecule has 0 aliphatic carbocycles. The summed E-state index contributed by atoms with van der Waals surface area (Å²) < 4.78 is 10.4. The van der Waals surface area contributed by atoms with Gasteiger partial charge in [0.2, 0.25) is 5.91 Å². The zero-order valence-corrected chi connectivity index (χ0v) is 13.2. The predicted molar refractivity (Wildman–Crippen MR) is 81.8 cm³/mol. The number of aliphatic carboxylic acids is 1. The molecule has 0 saturated heterocycles. The molecule has 0 spiro atoms. The number of ether oxygens (including phenoxy) is 2. The highest BCUT2D eigenvalue weighted by atomic mass is 16.5. The fourth-order valence-corrected chi connectivity index (χ4v) is 1.87. The van der Waals surface area contributed by atoms with E-state index in [4.69, 9.17) is 9.47 Å². The van der Waals surface area contributed by atoms with E-state index in [0.29, 0.717) is 24.3 Å². The maximum atomic E-state index is 11.8. The van der Waals surface area contributed by atoms with E-state index in [1.54, 1.807) is 24.3 Å². The van der Waals surface area contributed by atoms with Crippen molar-refractivity contribution in [3.63, 3.8) is 0 Å². The number of carboxylic acids is 1. The molecule has 0 radical (unpaired) electrons.